The molecule has 2 heteroatoms. The Balaban J connectivity index is 2.13. The van der Waals surface area contributed by atoms with Crippen molar-refractivity contribution in [1.82, 2.24) is 5.32 Å². The summed E-state index contributed by atoms with van der Waals surface area (Å²) in [4.78, 5) is 0. The van der Waals surface area contributed by atoms with Crippen LogP contribution in [0.5, 0.6) is 0 Å². The fourth-order valence-corrected chi connectivity index (χ4v) is 0.819. The van der Waals surface area contributed by atoms with Gasteiger partial charge in [-0.25, -0.2) is 5.32 Å². The molecule has 47 valence electrons. The van der Waals surface area contributed by atoms with E-state index in [0.717, 1.165) is 26.2 Å². The Bertz CT molecular complexity index is 59.5. The van der Waals surface area contributed by atoms with Gasteiger partial charge in [-0.15, -0.1) is 0 Å². The molecule has 0 aromatic carbocycles. The van der Waals surface area contributed by atoms with Crippen LogP contribution in [0.2, 0.25) is 0 Å². The maximum absolute atomic E-state index is 5.18. The van der Waals surface area contributed by atoms with Gasteiger partial charge in [-0.3, -0.25) is 0 Å². The molecule has 0 aromatic rings. The average Bonchev–Trinajstić information content (AvgIpc) is 1.90. The molecule has 0 N–H and O–H groups in total. The molecule has 0 bridgehead atoms. The Morgan fingerprint density at radius 3 is 3.00 bits per heavy atom. The summed E-state index contributed by atoms with van der Waals surface area (Å²) in [5.41, 5.74) is 0. The standard InChI is InChI=1S/C6H12NO/c1-2-6-5-8-4-3-7-6/h6H,2-5H2,1H3/t6-/m0/s1. The van der Waals surface area contributed by atoms with Crippen molar-refractivity contribution in [1.29, 1.82) is 0 Å². The molecule has 0 amide bonds. The third kappa shape index (κ3) is 1.46. The van der Waals surface area contributed by atoms with E-state index in [1.165, 1.54) is 0 Å². The zero-order valence-corrected chi connectivity index (χ0v) is 5.26. The molecule has 0 aromatic heterocycles. The lowest BCUT2D eigenvalue weighted by molar-refractivity contribution is 0.0734. The van der Waals surface area contributed by atoms with E-state index in [2.05, 4.69) is 12.2 Å². The second-order valence-electron chi connectivity index (χ2n) is 2.04. The van der Waals surface area contributed by atoms with Crippen LogP contribution in [0, 0.1) is 0 Å². The minimum Gasteiger partial charge on any atom is -0.378 e. The van der Waals surface area contributed by atoms with Crippen LogP contribution in [0.3, 0.4) is 0 Å². The fourth-order valence-electron chi connectivity index (χ4n) is 0.819. The lowest BCUT2D eigenvalue weighted by Crippen LogP contribution is -2.35. The van der Waals surface area contributed by atoms with Gasteiger partial charge in [0.05, 0.1) is 13.2 Å². The molecule has 0 aliphatic carbocycles. The van der Waals surface area contributed by atoms with Crippen molar-refractivity contribution in [2.24, 2.45) is 0 Å². The van der Waals surface area contributed by atoms with Gasteiger partial charge in [-0.1, -0.05) is 6.92 Å². The minimum atomic E-state index is 0.490. The minimum absolute atomic E-state index is 0.490. The van der Waals surface area contributed by atoms with Crippen molar-refractivity contribution in [2.75, 3.05) is 19.8 Å². The van der Waals surface area contributed by atoms with Crippen molar-refractivity contribution in [3.63, 3.8) is 0 Å². The molecule has 1 rings (SSSR count). The van der Waals surface area contributed by atoms with Gasteiger partial charge in [0.25, 0.3) is 0 Å². The highest BCUT2D eigenvalue weighted by molar-refractivity contribution is 4.66. The van der Waals surface area contributed by atoms with Crippen molar-refractivity contribution < 1.29 is 4.74 Å². The van der Waals surface area contributed by atoms with Gasteiger partial charge in [0.1, 0.15) is 0 Å². The number of morpholine rings is 1. The molecule has 1 fully saturated rings. The van der Waals surface area contributed by atoms with Crippen molar-refractivity contribution in [3.05, 3.63) is 0 Å². The first kappa shape index (κ1) is 6.05. The molecule has 1 heterocycles. The number of nitrogens with zero attached hydrogens (tertiary/aromatic N) is 1. The van der Waals surface area contributed by atoms with Gasteiger partial charge in [-0.2, -0.15) is 0 Å². The Morgan fingerprint density at radius 2 is 2.62 bits per heavy atom. The Morgan fingerprint density at radius 1 is 1.75 bits per heavy atom. The van der Waals surface area contributed by atoms with Crippen molar-refractivity contribution in [2.45, 2.75) is 19.4 Å². The second-order valence-corrected chi connectivity index (χ2v) is 2.04. The Kier molecular flexibility index (Phi) is 2.30. The second kappa shape index (κ2) is 3.05. The van der Waals surface area contributed by atoms with Crippen LogP contribution in [0.15, 0.2) is 0 Å². The van der Waals surface area contributed by atoms with Crippen LogP contribution in [-0.4, -0.2) is 25.8 Å². The zero-order chi connectivity index (χ0) is 5.82. The largest absolute Gasteiger partial charge is 0.378 e. The van der Waals surface area contributed by atoms with E-state index in [9.17, 15) is 0 Å². The molecule has 1 aliphatic rings. The monoisotopic (exact) mass is 114 g/mol. The van der Waals surface area contributed by atoms with Gasteiger partial charge in [-0.05, 0) is 6.42 Å². The first-order valence-corrected chi connectivity index (χ1v) is 3.18. The summed E-state index contributed by atoms with van der Waals surface area (Å²) in [5.74, 6) is 0. The van der Waals surface area contributed by atoms with E-state index in [1.54, 1.807) is 0 Å². The third-order valence-electron chi connectivity index (χ3n) is 1.40. The summed E-state index contributed by atoms with van der Waals surface area (Å²) in [6.07, 6.45) is 1.12. The molecule has 2 nitrogen and oxygen atoms in total. The first-order valence-electron chi connectivity index (χ1n) is 3.18. The number of hydrogen-bond acceptors (Lipinski definition) is 1. The van der Waals surface area contributed by atoms with E-state index in [0.29, 0.717) is 6.04 Å². The maximum Gasteiger partial charge on any atom is 0.0636 e. The van der Waals surface area contributed by atoms with Crippen LogP contribution in [0.25, 0.3) is 0 Å². The number of rotatable bonds is 1. The number of ether oxygens (including phenoxy) is 1. The first-order chi connectivity index (χ1) is 3.93. The van der Waals surface area contributed by atoms with Crippen LogP contribution >= 0.6 is 0 Å². The summed E-state index contributed by atoms with van der Waals surface area (Å²) >= 11 is 0. The van der Waals surface area contributed by atoms with E-state index in [-0.39, 0.29) is 0 Å². The Hall–Kier alpha value is -0.0800. The Labute approximate surface area is 50.2 Å². The van der Waals surface area contributed by atoms with Gasteiger partial charge >= 0.3 is 0 Å². The molecule has 8 heavy (non-hydrogen) atoms. The third-order valence-corrected chi connectivity index (χ3v) is 1.40. The summed E-state index contributed by atoms with van der Waals surface area (Å²) in [6.45, 7) is 4.72. The summed E-state index contributed by atoms with van der Waals surface area (Å²) in [6, 6.07) is 0.490. The van der Waals surface area contributed by atoms with E-state index < -0.39 is 0 Å². The molecular weight excluding hydrogens is 102 g/mol. The molecule has 1 atom stereocenters. The van der Waals surface area contributed by atoms with Gasteiger partial charge in [0, 0.05) is 12.6 Å². The summed E-state index contributed by atoms with van der Waals surface area (Å²) in [5, 5.41) is 4.32. The average molecular weight is 114 g/mol. The lowest BCUT2D eigenvalue weighted by atomic mass is 10.2. The van der Waals surface area contributed by atoms with Crippen LogP contribution in [-0.2, 0) is 4.74 Å². The number of hydrogen-bond donors (Lipinski definition) is 0. The van der Waals surface area contributed by atoms with Crippen molar-refractivity contribution in [3.8, 4) is 0 Å². The predicted molar refractivity (Wildman–Crippen MR) is 31.9 cm³/mol. The highest BCUT2D eigenvalue weighted by Gasteiger charge is 2.10. The lowest BCUT2D eigenvalue weighted by Gasteiger charge is -2.19. The molecule has 0 unspecified atom stereocenters. The van der Waals surface area contributed by atoms with E-state index in [1.807, 2.05) is 0 Å². The molecular formula is C6H12NO. The maximum atomic E-state index is 5.18. The summed E-state index contributed by atoms with van der Waals surface area (Å²) in [7, 11) is 0. The quantitative estimate of drug-likeness (QED) is 0.484. The van der Waals surface area contributed by atoms with Gasteiger partial charge in [0.15, 0.2) is 0 Å². The fraction of sp³-hybridized carbons (Fsp3) is 1.00. The van der Waals surface area contributed by atoms with Crippen molar-refractivity contribution >= 4 is 0 Å². The molecule has 1 aliphatic heterocycles. The molecule has 1 saturated heterocycles. The van der Waals surface area contributed by atoms with Crippen LogP contribution < -0.4 is 5.32 Å². The van der Waals surface area contributed by atoms with Crippen LogP contribution in [0.1, 0.15) is 13.3 Å². The molecule has 1 radical (unpaired) electrons. The van der Waals surface area contributed by atoms with Gasteiger partial charge < -0.3 is 4.74 Å². The van der Waals surface area contributed by atoms with E-state index in [4.69, 9.17) is 4.74 Å². The highest BCUT2D eigenvalue weighted by atomic mass is 16.5. The summed E-state index contributed by atoms with van der Waals surface area (Å²) < 4.78 is 5.18. The molecule has 0 spiro atoms. The smallest absolute Gasteiger partial charge is 0.0636 e. The van der Waals surface area contributed by atoms with E-state index >= 15 is 0 Å². The van der Waals surface area contributed by atoms with Gasteiger partial charge in [0.2, 0.25) is 0 Å². The highest BCUT2D eigenvalue weighted by Crippen LogP contribution is 1.97. The predicted octanol–water partition coefficient (Wildman–Crippen LogP) is 0.400. The SMILES string of the molecule is CC[C@H]1COCC[N]1. The molecule has 0 saturated carbocycles. The normalized spacial score (nSPS) is 30.4. The zero-order valence-electron chi connectivity index (χ0n) is 5.26. The van der Waals surface area contributed by atoms with Crippen LogP contribution in [0.4, 0.5) is 0 Å². The topological polar surface area (TPSA) is 23.3 Å².